The molecule has 3 amide bonds. The second kappa shape index (κ2) is 17.6. The van der Waals surface area contributed by atoms with Crippen molar-refractivity contribution in [1.29, 1.82) is 0 Å². The number of amides is 3. The van der Waals surface area contributed by atoms with Gasteiger partial charge in [0, 0.05) is 0 Å². The van der Waals surface area contributed by atoms with Crippen LogP contribution in [0.2, 0.25) is 0 Å². The number of carboxylic acid groups (broad SMARTS) is 1. The first-order chi connectivity index (χ1) is 18.0. The van der Waals surface area contributed by atoms with E-state index in [-0.39, 0.29) is 24.5 Å². The van der Waals surface area contributed by atoms with Crippen LogP contribution in [0.25, 0.3) is 0 Å². The third-order valence-corrected chi connectivity index (χ3v) is 6.97. The Balaban J connectivity index is 2.97. The molecule has 5 unspecified atom stereocenters. The van der Waals surface area contributed by atoms with Crippen molar-refractivity contribution in [3.63, 3.8) is 0 Å². The molecule has 0 saturated carbocycles. The Morgan fingerprint density at radius 1 is 0.947 bits per heavy atom. The number of aromatic hydroxyl groups is 1. The Bertz CT molecular complexity index is 901. The molecule has 0 bridgehead atoms. The highest BCUT2D eigenvalue weighted by Gasteiger charge is 2.31. The molecule has 214 valence electrons. The van der Waals surface area contributed by atoms with Crippen molar-refractivity contribution in [2.45, 2.75) is 76.5 Å². The topological polar surface area (TPSA) is 197 Å². The molecule has 1 aromatic rings. The Hall–Kier alpha value is -2.83. The van der Waals surface area contributed by atoms with Crippen LogP contribution in [0.1, 0.15) is 51.5 Å². The quantitative estimate of drug-likeness (QED) is 0.128. The van der Waals surface area contributed by atoms with Gasteiger partial charge in [0.15, 0.2) is 0 Å². The van der Waals surface area contributed by atoms with Crippen LogP contribution in [0.3, 0.4) is 0 Å². The smallest absolute Gasteiger partial charge is 0.326 e. The summed E-state index contributed by atoms with van der Waals surface area (Å²) in [6.45, 7) is 3.98. The van der Waals surface area contributed by atoms with Crippen molar-refractivity contribution in [2.75, 3.05) is 18.6 Å². The van der Waals surface area contributed by atoms with Gasteiger partial charge in [-0.25, -0.2) is 4.79 Å². The fourth-order valence-electron chi connectivity index (χ4n) is 3.73. The van der Waals surface area contributed by atoms with E-state index in [0.717, 1.165) is 5.56 Å². The molecule has 0 aliphatic rings. The number of thioether (sulfide) groups is 1. The maximum Gasteiger partial charge on any atom is 0.326 e. The molecule has 0 saturated heterocycles. The monoisotopic (exact) mass is 553 g/mol. The van der Waals surface area contributed by atoms with E-state index in [1.165, 1.54) is 23.9 Å². The predicted octanol–water partition coefficient (Wildman–Crippen LogP) is 0.729. The van der Waals surface area contributed by atoms with Gasteiger partial charge in [0.2, 0.25) is 17.7 Å². The first-order valence-corrected chi connectivity index (χ1v) is 14.3. The number of carbonyl (C=O) groups excluding carboxylic acids is 3. The zero-order valence-corrected chi connectivity index (χ0v) is 23.3. The summed E-state index contributed by atoms with van der Waals surface area (Å²) in [6, 6.07) is 2.38. The van der Waals surface area contributed by atoms with Crippen molar-refractivity contribution >= 4 is 35.5 Å². The van der Waals surface area contributed by atoms with Crippen molar-refractivity contribution < 1.29 is 29.4 Å². The summed E-state index contributed by atoms with van der Waals surface area (Å²) in [5.74, 6) is -2.44. The molecule has 5 atom stereocenters. The number of carboxylic acids is 1. The van der Waals surface area contributed by atoms with Crippen LogP contribution in [-0.2, 0) is 25.6 Å². The molecular formula is C26H43N5O6S. The fraction of sp³-hybridized carbons (Fsp3) is 0.615. The number of phenolic OH excluding ortho intramolecular Hbond substituents is 1. The summed E-state index contributed by atoms with van der Waals surface area (Å²) < 4.78 is 0. The molecule has 0 aromatic heterocycles. The zero-order chi connectivity index (χ0) is 28.7. The number of carbonyl (C=O) groups is 4. The standard InChI is InChI=1S/C26H43N5O6S/c1-4-16(2)22(26(36)37)31-25(35)20(7-5-6-13-27)30-24(34)21(12-14-38-3)29-23(33)19(28)15-17-8-10-18(32)11-9-17/h8-11,16,19-22,32H,4-7,12-15,27-28H2,1-3H3,(H,29,33)(H,30,34)(H,31,35)(H,36,37). The Morgan fingerprint density at radius 3 is 2.08 bits per heavy atom. The summed E-state index contributed by atoms with van der Waals surface area (Å²) >= 11 is 1.50. The van der Waals surface area contributed by atoms with E-state index >= 15 is 0 Å². The van der Waals surface area contributed by atoms with Gasteiger partial charge in [0.1, 0.15) is 23.9 Å². The lowest BCUT2D eigenvalue weighted by Gasteiger charge is -2.26. The van der Waals surface area contributed by atoms with Gasteiger partial charge in [0.25, 0.3) is 0 Å². The van der Waals surface area contributed by atoms with Crippen LogP contribution in [0, 0.1) is 5.92 Å². The molecule has 0 heterocycles. The maximum absolute atomic E-state index is 13.2. The van der Waals surface area contributed by atoms with E-state index in [1.807, 2.05) is 13.2 Å². The molecule has 0 aliphatic heterocycles. The lowest BCUT2D eigenvalue weighted by atomic mass is 9.98. The molecule has 1 rings (SSSR count). The summed E-state index contributed by atoms with van der Waals surface area (Å²) in [7, 11) is 0. The van der Waals surface area contributed by atoms with Crippen molar-refractivity contribution in [3.05, 3.63) is 29.8 Å². The summed E-state index contributed by atoms with van der Waals surface area (Å²) in [6.07, 6.45) is 4.39. The van der Waals surface area contributed by atoms with E-state index in [2.05, 4.69) is 16.0 Å². The van der Waals surface area contributed by atoms with Gasteiger partial charge in [-0.1, -0.05) is 32.4 Å². The number of benzene rings is 1. The maximum atomic E-state index is 13.2. The highest BCUT2D eigenvalue weighted by molar-refractivity contribution is 7.98. The number of aliphatic carboxylic acids is 1. The molecule has 0 radical (unpaired) electrons. The van der Waals surface area contributed by atoms with E-state index in [9.17, 15) is 29.4 Å². The van der Waals surface area contributed by atoms with Gasteiger partial charge in [0.05, 0.1) is 6.04 Å². The summed E-state index contributed by atoms with van der Waals surface area (Å²) in [5, 5.41) is 27.0. The van der Waals surface area contributed by atoms with E-state index < -0.39 is 47.9 Å². The SMILES string of the molecule is CCC(C)C(NC(=O)C(CCCCN)NC(=O)C(CCSC)NC(=O)C(N)Cc1ccc(O)cc1)C(=O)O. The second-order valence-electron chi connectivity index (χ2n) is 9.38. The van der Waals surface area contributed by atoms with Gasteiger partial charge in [-0.3, -0.25) is 14.4 Å². The average molecular weight is 554 g/mol. The molecule has 1 aromatic carbocycles. The predicted molar refractivity (Wildman–Crippen MR) is 149 cm³/mol. The summed E-state index contributed by atoms with van der Waals surface area (Å²) in [4.78, 5) is 50.8. The molecule has 38 heavy (non-hydrogen) atoms. The zero-order valence-electron chi connectivity index (χ0n) is 22.4. The lowest BCUT2D eigenvalue weighted by molar-refractivity contribution is -0.144. The first-order valence-electron chi connectivity index (χ1n) is 12.9. The molecule has 11 nitrogen and oxygen atoms in total. The van der Waals surface area contributed by atoms with Crippen LogP contribution in [0.5, 0.6) is 5.75 Å². The van der Waals surface area contributed by atoms with Crippen LogP contribution in [0.4, 0.5) is 0 Å². The van der Waals surface area contributed by atoms with Crippen molar-refractivity contribution in [2.24, 2.45) is 17.4 Å². The lowest BCUT2D eigenvalue weighted by Crippen LogP contribution is -2.58. The Kier molecular flexibility index (Phi) is 15.4. The van der Waals surface area contributed by atoms with Gasteiger partial charge in [-0.2, -0.15) is 11.8 Å². The third-order valence-electron chi connectivity index (χ3n) is 6.33. The van der Waals surface area contributed by atoms with Gasteiger partial charge >= 0.3 is 5.97 Å². The van der Waals surface area contributed by atoms with E-state index in [4.69, 9.17) is 11.5 Å². The molecule has 12 heteroatoms. The van der Waals surface area contributed by atoms with Crippen molar-refractivity contribution in [3.8, 4) is 5.75 Å². The molecule has 9 N–H and O–H groups in total. The van der Waals surface area contributed by atoms with Crippen LogP contribution in [-0.4, -0.2) is 76.6 Å². The number of phenols is 1. The third kappa shape index (κ3) is 11.7. The van der Waals surface area contributed by atoms with Crippen LogP contribution < -0.4 is 27.4 Å². The first kappa shape index (κ1) is 33.2. The Morgan fingerprint density at radius 2 is 1.53 bits per heavy atom. The number of nitrogens with one attached hydrogen (secondary N) is 3. The fourth-order valence-corrected chi connectivity index (χ4v) is 4.20. The molecule has 0 spiro atoms. The minimum Gasteiger partial charge on any atom is -0.508 e. The van der Waals surface area contributed by atoms with Gasteiger partial charge in [-0.15, -0.1) is 0 Å². The number of hydrogen-bond acceptors (Lipinski definition) is 8. The highest BCUT2D eigenvalue weighted by atomic mass is 32.2. The minimum absolute atomic E-state index is 0.101. The van der Waals surface area contributed by atoms with E-state index in [0.29, 0.717) is 38.0 Å². The number of rotatable bonds is 18. The average Bonchev–Trinajstić information content (AvgIpc) is 2.89. The molecule has 0 aliphatic carbocycles. The van der Waals surface area contributed by atoms with Crippen LogP contribution >= 0.6 is 11.8 Å². The minimum atomic E-state index is -1.15. The van der Waals surface area contributed by atoms with E-state index in [1.54, 1.807) is 19.1 Å². The number of nitrogens with two attached hydrogens (primary N) is 2. The normalized spacial score (nSPS) is 15.0. The van der Waals surface area contributed by atoms with Crippen molar-refractivity contribution in [1.82, 2.24) is 16.0 Å². The number of hydrogen-bond donors (Lipinski definition) is 7. The van der Waals surface area contributed by atoms with Gasteiger partial charge in [-0.05, 0) is 74.3 Å². The largest absolute Gasteiger partial charge is 0.508 e. The Labute approximate surface area is 228 Å². The van der Waals surface area contributed by atoms with Gasteiger partial charge < -0.3 is 37.6 Å². The highest BCUT2D eigenvalue weighted by Crippen LogP contribution is 2.12. The second-order valence-corrected chi connectivity index (χ2v) is 10.4. The summed E-state index contributed by atoms with van der Waals surface area (Å²) in [5.41, 5.74) is 12.4. The van der Waals surface area contributed by atoms with Crippen LogP contribution in [0.15, 0.2) is 24.3 Å². The number of unbranched alkanes of at least 4 members (excludes halogenated alkanes) is 1. The molecular weight excluding hydrogens is 510 g/mol. The molecule has 0 fully saturated rings.